The number of nitrogens with zero attached hydrogens (tertiary/aromatic N) is 1. The monoisotopic (exact) mass is 184 g/mol. The summed E-state index contributed by atoms with van der Waals surface area (Å²) in [6.07, 6.45) is 1.30. The fourth-order valence-electron chi connectivity index (χ4n) is 2.37. The average Bonchev–Trinajstić information content (AvgIpc) is 2.29. The van der Waals surface area contributed by atoms with Crippen molar-refractivity contribution in [2.24, 2.45) is 0 Å². The van der Waals surface area contributed by atoms with Gasteiger partial charge in [0, 0.05) is 30.7 Å². The van der Waals surface area contributed by atoms with Gasteiger partial charge in [0.25, 0.3) is 0 Å². The van der Waals surface area contributed by atoms with E-state index in [-0.39, 0.29) is 0 Å². The molecule has 13 heavy (non-hydrogen) atoms. The molecule has 1 saturated heterocycles. The zero-order valence-electron chi connectivity index (χ0n) is 9.67. The number of likely N-dealkylation sites (tertiary alicyclic amines) is 1. The molecule has 0 aromatic heterocycles. The van der Waals surface area contributed by atoms with Crippen molar-refractivity contribution in [3.8, 4) is 0 Å². The van der Waals surface area contributed by atoms with Crippen molar-refractivity contribution in [2.75, 3.05) is 6.54 Å². The van der Waals surface area contributed by atoms with Crippen molar-refractivity contribution in [2.45, 2.75) is 65.2 Å². The van der Waals surface area contributed by atoms with Gasteiger partial charge < -0.3 is 5.32 Å². The van der Waals surface area contributed by atoms with Crippen LogP contribution in [-0.2, 0) is 0 Å². The second kappa shape index (κ2) is 4.43. The zero-order chi connectivity index (χ0) is 10.0. The van der Waals surface area contributed by atoms with E-state index in [1.165, 1.54) is 13.0 Å². The minimum Gasteiger partial charge on any atom is -0.310 e. The molecule has 1 aliphatic heterocycles. The van der Waals surface area contributed by atoms with E-state index in [4.69, 9.17) is 0 Å². The van der Waals surface area contributed by atoms with Crippen LogP contribution in [0.15, 0.2) is 0 Å². The van der Waals surface area contributed by atoms with E-state index >= 15 is 0 Å². The molecule has 0 bridgehead atoms. The molecule has 2 heteroatoms. The minimum atomic E-state index is 0.615. The third-order valence-corrected chi connectivity index (χ3v) is 2.86. The molecule has 0 saturated carbocycles. The van der Waals surface area contributed by atoms with Crippen molar-refractivity contribution in [1.29, 1.82) is 0 Å². The first-order chi connectivity index (χ1) is 6.00. The molecule has 0 amide bonds. The number of nitrogens with one attached hydrogen (secondary N) is 1. The smallest absolute Gasteiger partial charge is 0.0212 e. The van der Waals surface area contributed by atoms with Crippen LogP contribution in [0.2, 0.25) is 0 Å². The Balaban J connectivity index is 2.40. The van der Waals surface area contributed by atoms with Crippen molar-refractivity contribution in [1.82, 2.24) is 10.2 Å². The first kappa shape index (κ1) is 11.0. The highest BCUT2D eigenvalue weighted by molar-refractivity contribution is 4.89. The van der Waals surface area contributed by atoms with Gasteiger partial charge in [-0.1, -0.05) is 13.8 Å². The summed E-state index contributed by atoms with van der Waals surface area (Å²) >= 11 is 0. The Morgan fingerprint density at radius 2 is 1.85 bits per heavy atom. The lowest BCUT2D eigenvalue weighted by Crippen LogP contribution is -2.39. The first-order valence-corrected chi connectivity index (χ1v) is 5.52. The highest BCUT2D eigenvalue weighted by Crippen LogP contribution is 2.20. The molecule has 0 aromatic rings. The molecule has 2 atom stereocenters. The number of rotatable bonds is 3. The van der Waals surface area contributed by atoms with E-state index in [0.29, 0.717) is 18.1 Å². The maximum Gasteiger partial charge on any atom is 0.0212 e. The summed E-state index contributed by atoms with van der Waals surface area (Å²) < 4.78 is 0. The van der Waals surface area contributed by atoms with E-state index < -0.39 is 0 Å². The maximum absolute atomic E-state index is 3.62. The van der Waals surface area contributed by atoms with Crippen molar-refractivity contribution in [3.63, 3.8) is 0 Å². The topological polar surface area (TPSA) is 15.3 Å². The SMILES string of the molecule is CC(C)NC1CC(C)N(C(C)C)C1. The van der Waals surface area contributed by atoms with Crippen LogP contribution in [0.1, 0.15) is 41.0 Å². The Kier molecular flexibility index (Phi) is 3.74. The summed E-state index contributed by atoms with van der Waals surface area (Å²) in [6.45, 7) is 12.6. The molecule has 1 N–H and O–H groups in total. The zero-order valence-corrected chi connectivity index (χ0v) is 9.67. The summed E-state index contributed by atoms with van der Waals surface area (Å²) in [5.74, 6) is 0. The van der Waals surface area contributed by atoms with Crippen LogP contribution in [0.5, 0.6) is 0 Å². The molecular weight excluding hydrogens is 160 g/mol. The minimum absolute atomic E-state index is 0.615. The fraction of sp³-hybridized carbons (Fsp3) is 1.00. The molecule has 0 aromatic carbocycles. The predicted molar refractivity (Wildman–Crippen MR) is 58.0 cm³/mol. The van der Waals surface area contributed by atoms with Gasteiger partial charge in [0.15, 0.2) is 0 Å². The van der Waals surface area contributed by atoms with Gasteiger partial charge in [-0.3, -0.25) is 4.90 Å². The van der Waals surface area contributed by atoms with Gasteiger partial charge in [-0.2, -0.15) is 0 Å². The van der Waals surface area contributed by atoms with Crippen LogP contribution >= 0.6 is 0 Å². The van der Waals surface area contributed by atoms with E-state index in [2.05, 4.69) is 44.8 Å². The Labute approximate surface area is 82.7 Å². The van der Waals surface area contributed by atoms with Gasteiger partial charge in [0.05, 0.1) is 0 Å². The van der Waals surface area contributed by atoms with Gasteiger partial charge in [-0.05, 0) is 27.2 Å². The van der Waals surface area contributed by atoms with Gasteiger partial charge in [-0.25, -0.2) is 0 Å². The predicted octanol–water partition coefficient (Wildman–Crippen LogP) is 1.86. The van der Waals surface area contributed by atoms with Crippen LogP contribution in [-0.4, -0.2) is 35.6 Å². The third kappa shape index (κ3) is 2.96. The Hall–Kier alpha value is -0.0800. The Bertz CT molecular complexity index is 154. The molecule has 1 aliphatic rings. The van der Waals surface area contributed by atoms with Gasteiger partial charge in [-0.15, -0.1) is 0 Å². The van der Waals surface area contributed by atoms with E-state index in [9.17, 15) is 0 Å². The average molecular weight is 184 g/mol. The highest BCUT2D eigenvalue weighted by Gasteiger charge is 2.30. The van der Waals surface area contributed by atoms with E-state index in [1.807, 2.05) is 0 Å². The molecule has 0 radical (unpaired) electrons. The van der Waals surface area contributed by atoms with E-state index in [0.717, 1.165) is 6.04 Å². The molecule has 1 heterocycles. The quantitative estimate of drug-likeness (QED) is 0.720. The summed E-state index contributed by atoms with van der Waals surface area (Å²) in [4.78, 5) is 2.58. The maximum atomic E-state index is 3.62. The summed E-state index contributed by atoms with van der Waals surface area (Å²) in [7, 11) is 0. The lowest BCUT2D eigenvalue weighted by atomic mass is 10.2. The molecular formula is C11H24N2. The molecule has 0 spiro atoms. The summed E-state index contributed by atoms with van der Waals surface area (Å²) in [5.41, 5.74) is 0. The lowest BCUT2D eigenvalue weighted by Gasteiger charge is -2.25. The Morgan fingerprint density at radius 3 is 2.23 bits per heavy atom. The number of hydrogen-bond donors (Lipinski definition) is 1. The van der Waals surface area contributed by atoms with Crippen LogP contribution in [0, 0.1) is 0 Å². The lowest BCUT2D eigenvalue weighted by molar-refractivity contribution is 0.213. The van der Waals surface area contributed by atoms with Crippen LogP contribution in [0.3, 0.4) is 0 Å². The van der Waals surface area contributed by atoms with Crippen LogP contribution in [0.4, 0.5) is 0 Å². The molecule has 1 rings (SSSR count). The van der Waals surface area contributed by atoms with Gasteiger partial charge in [0.2, 0.25) is 0 Å². The van der Waals surface area contributed by atoms with Crippen LogP contribution in [0.25, 0.3) is 0 Å². The molecule has 2 nitrogen and oxygen atoms in total. The van der Waals surface area contributed by atoms with E-state index in [1.54, 1.807) is 0 Å². The normalized spacial score (nSPS) is 30.7. The highest BCUT2D eigenvalue weighted by atomic mass is 15.2. The molecule has 78 valence electrons. The molecule has 0 aliphatic carbocycles. The van der Waals surface area contributed by atoms with Crippen molar-refractivity contribution in [3.05, 3.63) is 0 Å². The first-order valence-electron chi connectivity index (χ1n) is 5.52. The van der Waals surface area contributed by atoms with Crippen molar-refractivity contribution < 1.29 is 0 Å². The second-order valence-electron chi connectivity index (χ2n) is 4.89. The summed E-state index contributed by atoms with van der Waals surface area (Å²) in [5, 5.41) is 3.62. The molecule has 1 fully saturated rings. The fourth-order valence-corrected chi connectivity index (χ4v) is 2.37. The summed E-state index contributed by atoms with van der Waals surface area (Å²) in [6, 6.07) is 2.76. The van der Waals surface area contributed by atoms with Crippen LogP contribution < -0.4 is 5.32 Å². The standard InChI is InChI=1S/C11H24N2/c1-8(2)12-11-6-10(5)13(7-11)9(3)4/h8-12H,6-7H2,1-5H3. The second-order valence-corrected chi connectivity index (χ2v) is 4.89. The van der Waals surface area contributed by atoms with Gasteiger partial charge >= 0.3 is 0 Å². The number of hydrogen-bond acceptors (Lipinski definition) is 2. The van der Waals surface area contributed by atoms with Crippen molar-refractivity contribution >= 4 is 0 Å². The molecule has 2 unspecified atom stereocenters. The Morgan fingerprint density at radius 1 is 1.23 bits per heavy atom. The third-order valence-electron chi connectivity index (χ3n) is 2.86. The van der Waals surface area contributed by atoms with Gasteiger partial charge in [0.1, 0.15) is 0 Å². The largest absolute Gasteiger partial charge is 0.310 e.